The molecular weight excluding hydrogens is 262 g/mol. The van der Waals surface area contributed by atoms with Gasteiger partial charge >= 0.3 is 0 Å². The monoisotopic (exact) mass is 281 g/mol. The summed E-state index contributed by atoms with van der Waals surface area (Å²) >= 11 is 0. The van der Waals surface area contributed by atoms with Crippen LogP contribution in [0.4, 0.5) is 5.69 Å². The average molecular weight is 281 g/mol. The van der Waals surface area contributed by atoms with Gasteiger partial charge in [0.25, 0.3) is 0 Å². The highest BCUT2D eigenvalue weighted by atomic mass is 32.2. The molecule has 5 heteroatoms. The van der Waals surface area contributed by atoms with E-state index >= 15 is 0 Å². The van der Waals surface area contributed by atoms with E-state index in [1.54, 1.807) is 6.07 Å². The van der Waals surface area contributed by atoms with Crippen molar-refractivity contribution in [3.63, 3.8) is 0 Å². The highest BCUT2D eigenvalue weighted by Gasteiger charge is 2.10. The van der Waals surface area contributed by atoms with E-state index in [-0.39, 0.29) is 12.4 Å². The van der Waals surface area contributed by atoms with Crippen LogP contribution in [0, 0.1) is 18.8 Å². The van der Waals surface area contributed by atoms with Crippen LogP contribution >= 0.6 is 0 Å². The summed E-state index contributed by atoms with van der Waals surface area (Å²) < 4.78 is 26.1. The van der Waals surface area contributed by atoms with E-state index in [0.29, 0.717) is 18.5 Å². The minimum absolute atomic E-state index is 0.0227. The number of hydrogen-bond acceptors (Lipinski definition) is 3. The first-order valence-electron chi connectivity index (χ1n) is 6.19. The Morgan fingerprint density at radius 1 is 1.37 bits per heavy atom. The molecule has 0 aliphatic heterocycles. The maximum Gasteiger partial charge on any atom is 0.232 e. The Balaban J connectivity index is 2.96. The molecule has 0 saturated heterocycles. The second-order valence-electron chi connectivity index (χ2n) is 4.23. The number of rotatable bonds is 5. The van der Waals surface area contributed by atoms with Gasteiger partial charge in [-0.2, -0.15) is 0 Å². The van der Waals surface area contributed by atoms with Crippen LogP contribution in [0.2, 0.25) is 0 Å². The molecule has 0 aliphatic rings. The molecule has 4 nitrogen and oxygen atoms in total. The number of anilines is 1. The lowest BCUT2D eigenvalue weighted by molar-refractivity contribution is 0.305. The van der Waals surface area contributed by atoms with E-state index in [4.69, 9.17) is 5.11 Å². The van der Waals surface area contributed by atoms with Gasteiger partial charge in [0.1, 0.15) is 0 Å². The Morgan fingerprint density at radius 3 is 2.74 bits per heavy atom. The third kappa shape index (κ3) is 5.33. The van der Waals surface area contributed by atoms with Gasteiger partial charge in [0, 0.05) is 12.0 Å². The van der Waals surface area contributed by atoms with Crippen molar-refractivity contribution in [2.45, 2.75) is 26.7 Å². The molecule has 0 saturated carbocycles. The molecule has 1 aromatic rings. The SMILES string of the molecule is CCCS(=O)(=O)Nc1cc(C#CCCO)ccc1C. The van der Waals surface area contributed by atoms with Crippen molar-refractivity contribution in [3.05, 3.63) is 29.3 Å². The lowest BCUT2D eigenvalue weighted by Gasteiger charge is -2.10. The molecule has 19 heavy (non-hydrogen) atoms. The average Bonchev–Trinajstić information content (AvgIpc) is 2.33. The van der Waals surface area contributed by atoms with Crippen LogP contribution in [0.15, 0.2) is 18.2 Å². The summed E-state index contributed by atoms with van der Waals surface area (Å²) in [5.74, 6) is 5.80. The molecule has 0 unspecified atom stereocenters. The predicted octanol–water partition coefficient (Wildman–Crippen LogP) is 1.88. The molecule has 0 bridgehead atoms. The number of aliphatic hydroxyl groups is 1. The van der Waals surface area contributed by atoms with Gasteiger partial charge in [-0.1, -0.05) is 24.8 Å². The zero-order valence-electron chi connectivity index (χ0n) is 11.2. The molecule has 0 aliphatic carbocycles. The third-order valence-electron chi connectivity index (χ3n) is 2.45. The largest absolute Gasteiger partial charge is 0.395 e. The standard InChI is InChI=1S/C14H19NO3S/c1-3-10-19(17,18)15-14-11-13(6-4-5-9-16)8-7-12(14)2/h7-8,11,15-16H,3,5,9-10H2,1-2H3. The first-order valence-corrected chi connectivity index (χ1v) is 7.84. The van der Waals surface area contributed by atoms with Crippen molar-refractivity contribution in [2.75, 3.05) is 17.1 Å². The van der Waals surface area contributed by atoms with Crippen molar-refractivity contribution in [2.24, 2.45) is 0 Å². The Labute approximate surface area is 114 Å². The first-order chi connectivity index (χ1) is 8.98. The summed E-state index contributed by atoms with van der Waals surface area (Å²) in [6.07, 6.45) is 0.981. The van der Waals surface area contributed by atoms with E-state index < -0.39 is 10.0 Å². The molecule has 0 spiro atoms. The molecule has 1 aromatic carbocycles. The van der Waals surface area contributed by atoms with Crippen molar-refractivity contribution < 1.29 is 13.5 Å². The van der Waals surface area contributed by atoms with E-state index in [0.717, 1.165) is 11.1 Å². The van der Waals surface area contributed by atoms with Crippen LogP contribution in [0.1, 0.15) is 30.9 Å². The normalized spacial score (nSPS) is 10.7. The third-order valence-corrected chi connectivity index (χ3v) is 3.92. The second kappa shape index (κ2) is 7.17. The summed E-state index contributed by atoms with van der Waals surface area (Å²) in [7, 11) is -3.29. The molecule has 0 radical (unpaired) electrons. The van der Waals surface area contributed by atoms with Crippen molar-refractivity contribution in [1.29, 1.82) is 0 Å². The van der Waals surface area contributed by atoms with Gasteiger partial charge in [0.15, 0.2) is 0 Å². The van der Waals surface area contributed by atoms with Gasteiger partial charge in [-0.3, -0.25) is 4.72 Å². The van der Waals surface area contributed by atoms with Crippen LogP contribution in [0.5, 0.6) is 0 Å². The van der Waals surface area contributed by atoms with E-state index in [1.165, 1.54) is 0 Å². The van der Waals surface area contributed by atoms with Crippen molar-refractivity contribution in [1.82, 2.24) is 0 Å². The van der Waals surface area contributed by atoms with E-state index in [1.807, 2.05) is 26.0 Å². The maximum atomic E-state index is 11.7. The minimum Gasteiger partial charge on any atom is -0.395 e. The summed E-state index contributed by atoms with van der Waals surface area (Å²) in [6, 6.07) is 5.37. The van der Waals surface area contributed by atoms with Crippen molar-refractivity contribution >= 4 is 15.7 Å². The first kappa shape index (κ1) is 15.5. The smallest absolute Gasteiger partial charge is 0.232 e. The van der Waals surface area contributed by atoms with E-state index in [9.17, 15) is 8.42 Å². The van der Waals surface area contributed by atoms with Gasteiger partial charge < -0.3 is 5.11 Å². The zero-order chi connectivity index (χ0) is 14.3. The maximum absolute atomic E-state index is 11.7. The number of aliphatic hydroxyl groups excluding tert-OH is 1. The molecular formula is C14H19NO3S. The lowest BCUT2D eigenvalue weighted by atomic mass is 10.1. The summed E-state index contributed by atoms with van der Waals surface area (Å²) in [5.41, 5.74) is 2.14. The molecule has 0 atom stereocenters. The number of aryl methyl sites for hydroxylation is 1. The highest BCUT2D eigenvalue weighted by Crippen LogP contribution is 2.18. The van der Waals surface area contributed by atoms with Crippen LogP contribution in [0.3, 0.4) is 0 Å². The Morgan fingerprint density at radius 2 is 2.11 bits per heavy atom. The fourth-order valence-electron chi connectivity index (χ4n) is 1.52. The van der Waals surface area contributed by atoms with Crippen LogP contribution in [-0.2, 0) is 10.0 Å². The van der Waals surface area contributed by atoms with E-state index in [2.05, 4.69) is 16.6 Å². The quantitative estimate of drug-likeness (QED) is 0.810. The fourth-order valence-corrected chi connectivity index (χ4v) is 2.71. The second-order valence-corrected chi connectivity index (χ2v) is 6.07. The van der Waals surface area contributed by atoms with Crippen LogP contribution in [0.25, 0.3) is 0 Å². The molecule has 2 N–H and O–H groups in total. The molecule has 1 rings (SSSR count). The number of nitrogens with one attached hydrogen (secondary N) is 1. The van der Waals surface area contributed by atoms with Crippen molar-refractivity contribution in [3.8, 4) is 11.8 Å². The Kier molecular flexibility index (Phi) is 5.87. The predicted molar refractivity (Wildman–Crippen MR) is 77.5 cm³/mol. The number of sulfonamides is 1. The summed E-state index contributed by atoms with van der Waals surface area (Å²) in [6.45, 7) is 3.69. The Hall–Kier alpha value is -1.51. The van der Waals surface area contributed by atoms with Gasteiger partial charge in [-0.15, -0.1) is 0 Å². The Bertz CT molecular complexity index is 582. The molecule has 0 fully saturated rings. The number of benzene rings is 1. The van der Waals surface area contributed by atoms with Gasteiger partial charge in [-0.25, -0.2) is 8.42 Å². The zero-order valence-corrected chi connectivity index (χ0v) is 12.0. The van der Waals surface area contributed by atoms with Gasteiger partial charge in [0.05, 0.1) is 18.0 Å². The van der Waals surface area contributed by atoms with Gasteiger partial charge in [-0.05, 0) is 31.0 Å². The van der Waals surface area contributed by atoms with Gasteiger partial charge in [0.2, 0.25) is 10.0 Å². The molecule has 0 aromatic heterocycles. The van der Waals surface area contributed by atoms with Crippen LogP contribution < -0.4 is 4.72 Å². The minimum atomic E-state index is -3.29. The van der Waals surface area contributed by atoms with Crippen LogP contribution in [-0.4, -0.2) is 25.9 Å². The molecule has 0 amide bonds. The molecule has 0 heterocycles. The highest BCUT2D eigenvalue weighted by molar-refractivity contribution is 7.92. The lowest BCUT2D eigenvalue weighted by Crippen LogP contribution is -2.16. The summed E-state index contributed by atoms with van der Waals surface area (Å²) in [5, 5.41) is 8.66. The fraction of sp³-hybridized carbons (Fsp3) is 0.429. The summed E-state index contributed by atoms with van der Waals surface area (Å²) in [4.78, 5) is 0. The molecule has 104 valence electrons. The number of hydrogen-bond donors (Lipinski definition) is 2. The topological polar surface area (TPSA) is 66.4 Å².